The van der Waals surface area contributed by atoms with Crippen molar-refractivity contribution in [2.45, 2.75) is 39.0 Å². The maximum atomic E-state index is 12.7. The standard InChI is InChI=1S/C16H26N4O/c1-12(2)15-14(10-18-11-19-15)16(21)20-8-5-13(6-9-20)4-7-17-3/h10-13,17H,4-9H2,1-3H3. The van der Waals surface area contributed by atoms with Gasteiger partial charge in [-0.3, -0.25) is 4.79 Å². The van der Waals surface area contributed by atoms with E-state index in [1.165, 1.54) is 12.7 Å². The van der Waals surface area contributed by atoms with Gasteiger partial charge in [0, 0.05) is 19.3 Å². The van der Waals surface area contributed by atoms with Crippen molar-refractivity contribution in [3.63, 3.8) is 0 Å². The van der Waals surface area contributed by atoms with Crippen molar-refractivity contribution in [2.75, 3.05) is 26.7 Å². The molecule has 1 aromatic rings. The Hall–Kier alpha value is -1.49. The summed E-state index contributed by atoms with van der Waals surface area (Å²) in [5.41, 5.74) is 1.52. The lowest BCUT2D eigenvalue weighted by atomic mass is 9.93. The van der Waals surface area contributed by atoms with Crippen LogP contribution in [0.5, 0.6) is 0 Å². The van der Waals surface area contributed by atoms with E-state index in [4.69, 9.17) is 0 Å². The zero-order valence-corrected chi connectivity index (χ0v) is 13.3. The highest BCUT2D eigenvalue weighted by molar-refractivity contribution is 5.95. The van der Waals surface area contributed by atoms with Crippen LogP contribution in [0.2, 0.25) is 0 Å². The maximum absolute atomic E-state index is 12.7. The molecule has 5 heteroatoms. The summed E-state index contributed by atoms with van der Waals surface area (Å²) in [7, 11) is 1.99. The first-order valence-electron chi connectivity index (χ1n) is 7.87. The second-order valence-corrected chi connectivity index (χ2v) is 6.10. The molecule has 0 aliphatic carbocycles. The van der Waals surface area contributed by atoms with Gasteiger partial charge in [-0.05, 0) is 44.7 Å². The van der Waals surface area contributed by atoms with Crippen molar-refractivity contribution in [2.24, 2.45) is 5.92 Å². The number of nitrogens with one attached hydrogen (secondary N) is 1. The lowest BCUT2D eigenvalue weighted by molar-refractivity contribution is 0.0684. The van der Waals surface area contributed by atoms with Crippen molar-refractivity contribution in [3.05, 3.63) is 23.8 Å². The monoisotopic (exact) mass is 290 g/mol. The summed E-state index contributed by atoms with van der Waals surface area (Å²) in [5, 5.41) is 3.20. The number of aromatic nitrogens is 2. The Labute approximate surface area is 127 Å². The normalized spacial score (nSPS) is 16.5. The lowest BCUT2D eigenvalue weighted by Gasteiger charge is -2.32. The fourth-order valence-corrected chi connectivity index (χ4v) is 2.91. The molecule has 2 rings (SSSR count). The minimum absolute atomic E-state index is 0.0892. The van der Waals surface area contributed by atoms with Crippen LogP contribution < -0.4 is 5.32 Å². The Morgan fingerprint density at radius 1 is 1.43 bits per heavy atom. The fraction of sp³-hybridized carbons (Fsp3) is 0.688. The van der Waals surface area contributed by atoms with Gasteiger partial charge in [0.2, 0.25) is 0 Å². The molecular formula is C16H26N4O. The van der Waals surface area contributed by atoms with Crippen molar-refractivity contribution in [3.8, 4) is 0 Å². The van der Waals surface area contributed by atoms with Gasteiger partial charge in [0.25, 0.3) is 5.91 Å². The molecule has 2 heterocycles. The molecular weight excluding hydrogens is 264 g/mol. The van der Waals surface area contributed by atoms with Gasteiger partial charge in [0.05, 0.1) is 11.3 Å². The molecule has 0 bridgehead atoms. The number of piperidine rings is 1. The minimum Gasteiger partial charge on any atom is -0.339 e. The van der Waals surface area contributed by atoms with Gasteiger partial charge in [0.15, 0.2) is 0 Å². The Bertz CT molecular complexity index is 467. The average Bonchev–Trinajstić information content (AvgIpc) is 2.52. The molecule has 0 aromatic carbocycles. The van der Waals surface area contributed by atoms with Gasteiger partial charge >= 0.3 is 0 Å². The predicted molar refractivity (Wildman–Crippen MR) is 83.3 cm³/mol. The van der Waals surface area contributed by atoms with E-state index in [0.29, 0.717) is 5.56 Å². The Morgan fingerprint density at radius 2 is 2.14 bits per heavy atom. The third-order valence-electron chi connectivity index (χ3n) is 4.22. The second kappa shape index (κ2) is 7.50. The number of hydrogen-bond acceptors (Lipinski definition) is 4. The first kappa shape index (κ1) is 15.9. The van der Waals surface area contributed by atoms with E-state index in [1.54, 1.807) is 6.20 Å². The zero-order chi connectivity index (χ0) is 15.2. The van der Waals surface area contributed by atoms with E-state index in [2.05, 4.69) is 29.1 Å². The Balaban J connectivity index is 1.99. The van der Waals surface area contributed by atoms with Gasteiger partial charge in [-0.2, -0.15) is 0 Å². The van der Waals surface area contributed by atoms with Gasteiger partial charge < -0.3 is 10.2 Å². The van der Waals surface area contributed by atoms with E-state index >= 15 is 0 Å². The molecule has 116 valence electrons. The number of rotatable bonds is 5. The third-order valence-corrected chi connectivity index (χ3v) is 4.22. The number of amides is 1. The molecule has 0 atom stereocenters. The second-order valence-electron chi connectivity index (χ2n) is 6.10. The molecule has 1 aliphatic rings. The van der Waals surface area contributed by atoms with Crippen LogP contribution in [0, 0.1) is 5.92 Å². The van der Waals surface area contributed by atoms with E-state index in [9.17, 15) is 4.79 Å². The van der Waals surface area contributed by atoms with Gasteiger partial charge in [0.1, 0.15) is 6.33 Å². The Morgan fingerprint density at radius 3 is 2.76 bits per heavy atom. The molecule has 1 aromatic heterocycles. The molecule has 1 N–H and O–H groups in total. The molecule has 21 heavy (non-hydrogen) atoms. The number of carbonyl (C=O) groups excluding carboxylic acids is 1. The average molecular weight is 290 g/mol. The van der Waals surface area contributed by atoms with Gasteiger partial charge in [-0.15, -0.1) is 0 Å². The van der Waals surface area contributed by atoms with Crippen molar-refractivity contribution < 1.29 is 4.79 Å². The van der Waals surface area contributed by atoms with E-state index in [-0.39, 0.29) is 11.8 Å². The van der Waals surface area contributed by atoms with Crippen LogP contribution in [-0.2, 0) is 0 Å². The SMILES string of the molecule is CNCCC1CCN(C(=O)c2cncnc2C(C)C)CC1. The summed E-state index contributed by atoms with van der Waals surface area (Å²) in [6, 6.07) is 0. The molecule has 0 unspecified atom stereocenters. The summed E-state index contributed by atoms with van der Waals surface area (Å²) in [5.74, 6) is 1.06. The molecule has 1 aliphatic heterocycles. The van der Waals surface area contributed by atoms with Crippen LogP contribution in [0.4, 0.5) is 0 Å². The summed E-state index contributed by atoms with van der Waals surface area (Å²) in [6.45, 7) is 6.87. The lowest BCUT2D eigenvalue weighted by Crippen LogP contribution is -2.39. The number of likely N-dealkylation sites (tertiary alicyclic amines) is 1. The number of hydrogen-bond donors (Lipinski definition) is 1. The Kier molecular flexibility index (Phi) is 5.67. The van der Waals surface area contributed by atoms with E-state index < -0.39 is 0 Å². The molecule has 0 radical (unpaired) electrons. The highest BCUT2D eigenvalue weighted by Gasteiger charge is 2.25. The predicted octanol–water partition coefficient (Wildman–Crippen LogP) is 2.06. The molecule has 1 amide bonds. The topological polar surface area (TPSA) is 58.1 Å². The summed E-state index contributed by atoms with van der Waals surface area (Å²) >= 11 is 0. The fourth-order valence-electron chi connectivity index (χ4n) is 2.91. The summed E-state index contributed by atoms with van der Waals surface area (Å²) in [6.07, 6.45) is 6.58. The molecule has 5 nitrogen and oxygen atoms in total. The van der Waals surface area contributed by atoms with Crippen LogP contribution in [0.1, 0.15) is 55.1 Å². The highest BCUT2D eigenvalue weighted by Crippen LogP contribution is 2.23. The van der Waals surface area contributed by atoms with Crippen LogP contribution in [0.3, 0.4) is 0 Å². The van der Waals surface area contributed by atoms with Crippen LogP contribution in [-0.4, -0.2) is 47.5 Å². The molecule has 0 spiro atoms. The summed E-state index contributed by atoms with van der Waals surface area (Å²) < 4.78 is 0. The van der Waals surface area contributed by atoms with Crippen LogP contribution in [0.15, 0.2) is 12.5 Å². The van der Waals surface area contributed by atoms with Gasteiger partial charge in [-0.25, -0.2) is 9.97 Å². The van der Waals surface area contributed by atoms with E-state index in [1.807, 2.05) is 11.9 Å². The molecule has 0 saturated carbocycles. The van der Waals surface area contributed by atoms with Crippen LogP contribution >= 0.6 is 0 Å². The third kappa shape index (κ3) is 4.00. The van der Waals surface area contributed by atoms with E-state index in [0.717, 1.165) is 44.1 Å². The quantitative estimate of drug-likeness (QED) is 0.902. The first-order chi connectivity index (χ1) is 10.1. The van der Waals surface area contributed by atoms with Crippen LogP contribution in [0.25, 0.3) is 0 Å². The minimum atomic E-state index is 0.0892. The largest absolute Gasteiger partial charge is 0.339 e. The van der Waals surface area contributed by atoms with Crippen molar-refractivity contribution >= 4 is 5.91 Å². The van der Waals surface area contributed by atoms with Gasteiger partial charge in [-0.1, -0.05) is 13.8 Å². The first-order valence-corrected chi connectivity index (χ1v) is 7.87. The summed E-state index contributed by atoms with van der Waals surface area (Å²) in [4.78, 5) is 23.0. The highest BCUT2D eigenvalue weighted by atomic mass is 16.2. The number of nitrogens with zero attached hydrogens (tertiary/aromatic N) is 3. The zero-order valence-electron chi connectivity index (χ0n) is 13.3. The van der Waals surface area contributed by atoms with Crippen molar-refractivity contribution in [1.82, 2.24) is 20.2 Å². The smallest absolute Gasteiger partial charge is 0.257 e. The maximum Gasteiger partial charge on any atom is 0.257 e. The molecule has 1 saturated heterocycles. The molecule has 1 fully saturated rings. The number of carbonyl (C=O) groups is 1. The van der Waals surface area contributed by atoms with Crippen molar-refractivity contribution in [1.29, 1.82) is 0 Å².